The fourth-order valence-electron chi connectivity index (χ4n) is 2.32. The minimum Gasteiger partial charge on any atom is -0.368 e. The van der Waals surface area contributed by atoms with Crippen molar-refractivity contribution in [2.24, 2.45) is 5.73 Å². The number of carbonyl (C=O) groups is 1. The molecule has 1 aliphatic rings. The van der Waals surface area contributed by atoms with Gasteiger partial charge < -0.3 is 5.73 Å². The number of rotatable bonds is 3. The van der Waals surface area contributed by atoms with Gasteiger partial charge in [-0.05, 0) is 31.4 Å². The Morgan fingerprint density at radius 2 is 2.12 bits per heavy atom. The van der Waals surface area contributed by atoms with Crippen molar-refractivity contribution in [3.63, 3.8) is 0 Å². The first-order chi connectivity index (χ1) is 7.68. The van der Waals surface area contributed by atoms with Gasteiger partial charge in [-0.15, -0.1) is 0 Å². The highest BCUT2D eigenvalue weighted by Gasteiger charge is 2.28. The van der Waals surface area contributed by atoms with Crippen LogP contribution in [0.25, 0.3) is 0 Å². The van der Waals surface area contributed by atoms with Gasteiger partial charge in [0.2, 0.25) is 5.91 Å². The van der Waals surface area contributed by atoms with Gasteiger partial charge in [0.1, 0.15) is 0 Å². The smallest absolute Gasteiger partial charge is 0.234 e. The van der Waals surface area contributed by atoms with Crippen molar-refractivity contribution >= 4 is 5.91 Å². The van der Waals surface area contributed by atoms with E-state index in [9.17, 15) is 4.79 Å². The Bertz CT molecular complexity index is 363. The van der Waals surface area contributed by atoms with Crippen LogP contribution >= 0.6 is 0 Å². The Labute approximate surface area is 96.2 Å². The van der Waals surface area contributed by atoms with Crippen LogP contribution in [0.3, 0.4) is 0 Å². The van der Waals surface area contributed by atoms with Crippen molar-refractivity contribution in [3.8, 4) is 0 Å². The number of amides is 1. The molecule has 0 unspecified atom stereocenters. The van der Waals surface area contributed by atoms with E-state index >= 15 is 0 Å². The number of nitrogens with two attached hydrogens (primary N) is 1. The number of hydrogen-bond donors (Lipinski definition) is 1. The summed E-state index contributed by atoms with van der Waals surface area (Å²) in [7, 11) is 0. The Morgan fingerprint density at radius 3 is 2.75 bits per heavy atom. The van der Waals surface area contributed by atoms with E-state index in [2.05, 4.69) is 29.2 Å². The Kier molecular flexibility index (Phi) is 3.25. The maximum absolute atomic E-state index is 11.1. The summed E-state index contributed by atoms with van der Waals surface area (Å²) in [4.78, 5) is 13.3. The van der Waals surface area contributed by atoms with Gasteiger partial charge in [-0.3, -0.25) is 9.69 Å². The zero-order chi connectivity index (χ0) is 11.5. The lowest BCUT2D eigenvalue weighted by Crippen LogP contribution is -2.41. The van der Waals surface area contributed by atoms with Gasteiger partial charge in [-0.1, -0.05) is 30.3 Å². The molecule has 0 aromatic heterocycles. The highest BCUT2D eigenvalue weighted by molar-refractivity contribution is 5.79. The van der Waals surface area contributed by atoms with E-state index < -0.39 is 0 Å². The summed E-state index contributed by atoms with van der Waals surface area (Å²) in [6.07, 6.45) is 1.11. The van der Waals surface area contributed by atoms with Crippen LogP contribution in [-0.4, -0.2) is 29.9 Å². The minimum atomic E-state index is -0.228. The summed E-state index contributed by atoms with van der Waals surface area (Å²) in [6, 6.07) is 10.3. The maximum Gasteiger partial charge on any atom is 0.234 e. The summed E-state index contributed by atoms with van der Waals surface area (Å²) < 4.78 is 0. The van der Waals surface area contributed by atoms with E-state index in [0.717, 1.165) is 19.5 Å². The molecule has 1 aromatic carbocycles. The number of hydrogen-bond acceptors (Lipinski definition) is 2. The van der Waals surface area contributed by atoms with Crippen molar-refractivity contribution in [3.05, 3.63) is 35.9 Å². The minimum absolute atomic E-state index is 0.145. The van der Waals surface area contributed by atoms with Gasteiger partial charge in [0.25, 0.3) is 0 Å². The first kappa shape index (κ1) is 11.1. The van der Waals surface area contributed by atoms with Crippen LogP contribution in [0.15, 0.2) is 30.3 Å². The van der Waals surface area contributed by atoms with Crippen LogP contribution in [0.2, 0.25) is 0 Å². The Hall–Kier alpha value is -1.35. The van der Waals surface area contributed by atoms with E-state index in [1.165, 1.54) is 5.56 Å². The molecule has 86 valence electrons. The van der Waals surface area contributed by atoms with Crippen LogP contribution in [0, 0.1) is 0 Å². The number of likely N-dealkylation sites (tertiary alicyclic amines) is 1. The van der Waals surface area contributed by atoms with E-state index in [1.807, 2.05) is 13.0 Å². The van der Waals surface area contributed by atoms with Gasteiger partial charge in [-0.25, -0.2) is 0 Å². The fourth-order valence-corrected chi connectivity index (χ4v) is 2.32. The topological polar surface area (TPSA) is 46.3 Å². The van der Waals surface area contributed by atoms with Crippen molar-refractivity contribution in [1.29, 1.82) is 0 Å². The molecule has 3 nitrogen and oxygen atoms in total. The SMILES string of the molecule is C[C@@H](C(N)=O)N1CC[C@H](c2ccccc2)C1. The fraction of sp³-hybridized carbons (Fsp3) is 0.462. The van der Waals surface area contributed by atoms with Crippen LogP contribution in [0.1, 0.15) is 24.8 Å². The van der Waals surface area contributed by atoms with Crippen molar-refractivity contribution < 1.29 is 4.79 Å². The van der Waals surface area contributed by atoms with E-state index in [1.54, 1.807) is 0 Å². The van der Waals surface area contributed by atoms with Gasteiger partial charge in [0, 0.05) is 6.54 Å². The highest BCUT2D eigenvalue weighted by Crippen LogP contribution is 2.27. The van der Waals surface area contributed by atoms with Crippen LogP contribution in [0.4, 0.5) is 0 Å². The molecule has 2 N–H and O–H groups in total. The molecule has 0 aliphatic carbocycles. The van der Waals surface area contributed by atoms with E-state index in [0.29, 0.717) is 5.92 Å². The summed E-state index contributed by atoms with van der Waals surface area (Å²) in [5.41, 5.74) is 6.68. The molecule has 16 heavy (non-hydrogen) atoms. The average molecular weight is 218 g/mol. The Balaban J connectivity index is 2.01. The molecule has 1 amide bonds. The second kappa shape index (κ2) is 4.66. The second-order valence-corrected chi connectivity index (χ2v) is 4.47. The van der Waals surface area contributed by atoms with E-state index in [4.69, 9.17) is 5.73 Å². The Morgan fingerprint density at radius 1 is 1.44 bits per heavy atom. The van der Waals surface area contributed by atoms with E-state index in [-0.39, 0.29) is 11.9 Å². The number of nitrogens with zero attached hydrogens (tertiary/aromatic N) is 1. The maximum atomic E-state index is 11.1. The number of benzene rings is 1. The largest absolute Gasteiger partial charge is 0.368 e. The quantitative estimate of drug-likeness (QED) is 0.832. The molecule has 1 saturated heterocycles. The number of carbonyl (C=O) groups excluding carboxylic acids is 1. The van der Waals surface area contributed by atoms with Gasteiger partial charge in [-0.2, -0.15) is 0 Å². The predicted molar refractivity (Wildman–Crippen MR) is 64.0 cm³/mol. The highest BCUT2D eigenvalue weighted by atomic mass is 16.1. The lowest BCUT2D eigenvalue weighted by atomic mass is 9.99. The summed E-state index contributed by atoms with van der Waals surface area (Å²) >= 11 is 0. The molecule has 0 saturated carbocycles. The monoisotopic (exact) mass is 218 g/mol. The van der Waals surface area contributed by atoms with Gasteiger partial charge in [0.05, 0.1) is 6.04 Å². The second-order valence-electron chi connectivity index (χ2n) is 4.47. The molecular weight excluding hydrogens is 200 g/mol. The van der Waals surface area contributed by atoms with Gasteiger partial charge >= 0.3 is 0 Å². The molecule has 0 spiro atoms. The van der Waals surface area contributed by atoms with Crippen LogP contribution in [0.5, 0.6) is 0 Å². The molecule has 1 aliphatic heterocycles. The normalized spacial score (nSPS) is 23.2. The lowest BCUT2D eigenvalue weighted by Gasteiger charge is -2.21. The molecule has 0 bridgehead atoms. The third kappa shape index (κ3) is 2.25. The molecule has 2 atom stereocenters. The van der Waals surface area contributed by atoms with Crippen molar-refractivity contribution in [2.45, 2.75) is 25.3 Å². The van der Waals surface area contributed by atoms with Crippen LogP contribution in [-0.2, 0) is 4.79 Å². The lowest BCUT2D eigenvalue weighted by molar-refractivity contribution is -0.122. The average Bonchev–Trinajstić information content (AvgIpc) is 2.78. The van der Waals surface area contributed by atoms with Gasteiger partial charge in [0.15, 0.2) is 0 Å². The predicted octanol–water partition coefficient (Wildman–Crippen LogP) is 1.35. The van der Waals surface area contributed by atoms with Crippen LogP contribution < -0.4 is 5.73 Å². The first-order valence-electron chi connectivity index (χ1n) is 5.77. The summed E-state index contributed by atoms with van der Waals surface area (Å²) in [6.45, 7) is 3.79. The molecule has 2 rings (SSSR count). The number of primary amides is 1. The van der Waals surface area contributed by atoms with Crippen molar-refractivity contribution in [2.75, 3.05) is 13.1 Å². The summed E-state index contributed by atoms with van der Waals surface area (Å²) in [5, 5.41) is 0. The zero-order valence-electron chi connectivity index (χ0n) is 9.60. The zero-order valence-corrected chi connectivity index (χ0v) is 9.60. The summed E-state index contributed by atoms with van der Waals surface area (Å²) in [5.74, 6) is 0.316. The molecule has 1 heterocycles. The third-order valence-corrected chi connectivity index (χ3v) is 3.45. The molecule has 1 aromatic rings. The third-order valence-electron chi connectivity index (χ3n) is 3.45. The molecule has 0 radical (unpaired) electrons. The molecule has 1 fully saturated rings. The van der Waals surface area contributed by atoms with Crippen molar-refractivity contribution in [1.82, 2.24) is 4.90 Å². The first-order valence-corrected chi connectivity index (χ1v) is 5.77. The molecular formula is C13H18N2O. The standard InChI is InChI=1S/C13H18N2O/c1-10(13(14)16)15-8-7-12(9-15)11-5-3-2-4-6-11/h2-6,10,12H,7-9H2,1H3,(H2,14,16)/t10-,12-/m0/s1. The molecule has 3 heteroatoms.